The number of nitrogens with zero attached hydrogens (tertiary/aromatic N) is 2. The number of rotatable bonds is 6. The Labute approximate surface area is 111 Å². The predicted molar refractivity (Wildman–Crippen MR) is 68.4 cm³/mol. The lowest BCUT2D eigenvalue weighted by Crippen LogP contribution is -2.36. The Balaban J connectivity index is 1.78. The zero-order valence-corrected chi connectivity index (χ0v) is 10.8. The van der Waals surface area contributed by atoms with Crippen LogP contribution >= 0.6 is 0 Å². The summed E-state index contributed by atoms with van der Waals surface area (Å²) in [6, 6.07) is 1.82. The molecule has 1 heterocycles. The van der Waals surface area contributed by atoms with Gasteiger partial charge in [-0.25, -0.2) is 0 Å². The smallest absolute Gasteiger partial charge is 0.310 e. The van der Waals surface area contributed by atoms with E-state index in [2.05, 4.69) is 10.4 Å². The summed E-state index contributed by atoms with van der Waals surface area (Å²) in [6.45, 7) is 1.06. The Kier molecular flexibility index (Phi) is 4.19. The van der Waals surface area contributed by atoms with Gasteiger partial charge in [0, 0.05) is 25.4 Å². The Morgan fingerprint density at radius 1 is 1.37 bits per heavy atom. The van der Waals surface area contributed by atoms with Crippen LogP contribution in [0.5, 0.6) is 0 Å². The number of aromatic nitrogens is 2. The molecule has 6 nitrogen and oxygen atoms in total. The number of nitrogens with one attached hydrogen (secondary N) is 1. The van der Waals surface area contributed by atoms with Gasteiger partial charge in [0.25, 0.3) is 0 Å². The Hall–Kier alpha value is -1.85. The van der Waals surface area contributed by atoms with E-state index in [1.165, 1.54) is 0 Å². The molecule has 1 saturated carbocycles. The second kappa shape index (κ2) is 5.86. The lowest BCUT2D eigenvalue weighted by Gasteiger charge is -2.22. The van der Waals surface area contributed by atoms with Gasteiger partial charge in [-0.2, -0.15) is 5.10 Å². The van der Waals surface area contributed by atoms with Crippen molar-refractivity contribution in [1.82, 2.24) is 15.1 Å². The molecule has 0 spiro atoms. The predicted octanol–water partition coefficient (Wildman–Crippen LogP) is 1.03. The van der Waals surface area contributed by atoms with E-state index in [1.54, 1.807) is 10.9 Å². The molecule has 6 heteroatoms. The maximum Gasteiger partial charge on any atom is 0.310 e. The number of aliphatic carboxylic acids is 1. The van der Waals surface area contributed by atoms with Gasteiger partial charge in [-0.05, 0) is 18.9 Å². The zero-order chi connectivity index (χ0) is 13.7. The summed E-state index contributed by atoms with van der Waals surface area (Å²) in [5.41, 5.74) is -0.838. The largest absolute Gasteiger partial charge is 0.481 e. The van der Waals surface area contributed by atoms with E-state index >= 15 is 0 Å². The summed E-state index contributed by atoms with van der Waals surface area (Å²) in [7, 11) is 0. The highest BCUT2D eigenvalue weighted by atomic mass is 16.4. The highest BCUT2D eigenvalue weighted by Crippen LogP contribution is 2.41. The number of amides is 1. The van der Waals surface area contributed by atoms with Crippen molar-refractivity contribution in [3.05, 3.63) is 18.5 Å². The monoisotopic (exact) mass is 265 g/mol. The van der Waals surface area contributed by atoms with E-state index in [9.17, 15) is 14.7 Å². The van der Waals surface area contributed by atoms with Crippen molar-refractivity contribution in [2.24, 2.45) is 5.41 Å². The van der Waals surface area contributed by atoms with Gasteiger partial charge >= 0.3 is 5.97 Å². The molecular weight excluding hydrogens is 246 g/mol. The molecule has 19 heavy (non-hydrogen) atoms. The second-order valence-corrected chi connectivity index (χ2v) is 5.09. The van der Waals surface area contributed by atoms with Gasteiger partial charge in [-0.1, -0.05) is 12.8 Å². The minimum atomic E-state index is -0.841. The van der Waals surface area contributed by atoms with Crippen LogP contribution < -0.4 is 5.32 Å². The molecule has 1 aliphatic carbocycles. The van der Waals surface area contributed by atoms with Crippen molar-refractivity contribution < 1.29 is 14.7 Å². The van der Waals surface area contributed by atoms with Crippen molar-refractivity contribution >= 4 is 11.9 Å². The first-order chi connectivity index (χ1) is 9.12. The summed E-state index contributed by atoms with van der Waals surface area (Å²) in [6.07, 6.45) is 6.59. The molecule has 1 aromatic heterocycles. The van der Waals surface area contributed by atoms with Crippen LogP contribution in [0.25, 0.3) is 0 Å². The third-order valence-electron chi connectivity index (χ3n) is 3.74. The molecule has 0 radical (unpaired) electrons. The molecule has 1 aromatic rings. The number of carbonyl (C=O) groups is 2. The van der Waals surface area contributed by atoms with Crippen LogP contribution in [0, 0.1) is 5.41 Å². The average molecular weight is 265 g/mol. The zero-order valence-electron chi connectivity index (χ0n) is 10.8. The quantitative estimate of drug-likeness (QED) is 0.804. The average Bonchev–Trinajstić information content (AvgIpc) is 3.00. The summed E-state index contributed by atoms with van der Waals surface area (Å²) < 4.78 is 1.73. The van der Waals surface area contributed by atoms with Crippen molar-refractivity contribution in [2.75, 3.05) is 6.54 Å². The van der Waals surface area contributed by atoms with Crippen molar-refractivity contribution in [3.8, 4) is 0 Å². The van der Waals surface area contributed by atoms with Gasteiger partial charge in [-0.15, -0.1) is 0 Å². The normalized spacial score (nSPS) is 17.3. The van der Waals surface area contributed by atoms with Crippen LogP contribution in [0.1, 0.15) is 32.1 Å². The first kappa shape index (κ1) is 13.6. The number of carboxylic acid groups (broad SMARTS) is 1. The molecule has 1 aliphatic rings. The van der Waals surface area contributed by atoms with Gasteiger partial charge < -0.3 is 10.4 Å². The summed E-state index contributed by atoms with van der Waals surface area (Å²) >= 11 is 0. The Bertz CT molecular complexity index is 436. The maximum atomic E-state index is 11.8. The third kappa shape index (κ3) is 3.33. The van der Waals surface area contributed by atoms with Gasteiger partial charge in [-0.3, -0.25) is 14.3 Å². The number of carbonyl (C=O) groups excluding carboxylic acids is 1. The highest BCUT2D eigenvalue weighted by molar-refractivity contribution is 5.85. The van der Waals surface area contributed by atoms with Crippen LogP contribution in [0.3, 0.4) is 0 Å². The number of hydrogen-bond acceptors (Lipinski definition) is 3. The standard InChI is InChI=1S/C13H19N3O3/c17-11(14-7-9-16-8-3-6-15-16)10-13(12(18)19)4-1-2-5-13/h3,6,8H,1-2,4-5,7,9-10H2,(H,14,17)(H,18,19). The second-order valence-electron chi connectivity index (χ2n) is 5.09. The number of hydrogen-bond donors (Lipinski definition) is 2. The van der Waals surface area contributed by atoms with E-state index in [0.717, 1.165) is 12.8 Å². The van der Waals surface area contributed by atoms with E-state index in [4.69, 9.17) is 0 Å². The highest BCUT2D eigenvalue weighted by Gasteiger charge is 2.42. The molecule has 1 fully saturated rings. The number of carboxylic acids is 1. The van der Waals surface area contributed by atoms with Crippen LogP contribution in [0.15, 0.2) is 18.5 Å². The maximum absolute atomic E-state index is 11.8. The third-order valence-corrected chi connectivity index (χ3v) is 3.74. The lowest BCUT2D eigenvalue weighted by molar-refractivity contribution is -0.151. The van der Waals surface area contributed by atoms with Gasteiger partial charge in [0.1, 0.15) is 0 Å². The molecule has 0 aromatic carbocycles. The molecule has 0 saturated heterocycles. The van der Waals surface area contributed by atoms with Gasteiger partial charge in [0.05, 0.1) is 12.0 Å². The van der Waals surface area contributed by atoms with Gasteiger partial charge in [0.2, 0.25) is 5.91 Å². The molecule has 1 amide bonds. The summed E-state index contributed by atoms with van der Waals surface area (Å²) in [4.78, 5) is 23.2. The Morgan fingerprint density at radius 3 is 2.68 bits per heavy atom. The molecule has 0 atom stereocenters. The van der Waals surface area contributed by atoms with E-state index < -0.39 is 11.4 Å². The molecule has 0 aliphatic heterocycles. The Morgan fingerprint density at radius 2 is 2.11 bits per heavy atom. The molecule has 2 N–H and O–H groups in total. The lowest BCUT2D eigenvalue weighted by atomic mass is 9.82. The molecule has 104 valence electrons. The van der Waals surface area contributed by atoms with Crippen molar-refractivity contribution in [3.63, 3.8) is 0 Å². The summed E-state index contributed by atoms with van der Waals surface area (Å²) in [5, 5.41) is 16.1. The van der Waals surface area contributed by atoms with E-state index in [-0.39, 0.29) is 12.3 Å². The van der Waals surface area contributed by atoms with Gasteiger partial charge in [0.15, 0.2) is 0 Å². The van der Waals surface area contributed by atoms with Crippen molar-refractivity contribution in [2.45, 2.75) is 38.6 Å². The van der Waals surface area contributed by atoms with Crippen LogP contribution in [0.2, 0.25) is 0 Å². The molecular formula is C13H19N3O3. The molecule has 0 bridgehead atoms. The fraction of sp³-hybridized carbons (Fsp3) is 0.615. The van der Waals surface area contributed by atoms with Crippen molar-refractivity contribution in [1.29, 1.82) is 0 Å². The van der Waals surface area contributed by atoms with E-state index in [0.29, 0.717) is 25.9 Å². The minimum absolute atomic E-state index is 0.0848. The fourth-order valence-electron chi connectivity index (χ4n) is 2.63. The first-order valence-electron chi connectivity index (χ1n) is 6.60. The molecule has 0 unspecified atom stereocenters. The van der Waals surface area contributed by atoms with Crippen LogP contribution in [0.4, 0.5) is 0 Å². The SMILES string of the molecule is O=C(CC1(C(=O)O)CCCC1)NCCn1cccn1. The van der Waals surface area contributed by atoms with Crippen LogP contribution in [-0.2, 0) is 16.1 Å². The topological polar surface area (TPSA) is 84.2 Å². The minimum Gasteiger partial charge on any atom is -0.481 e. The first-order valence-corrected chi connectivity index (χ1v) is 6.60. The fourth-order valence-corrected chi connectivity index (χ4v) is 2.63. The van der Waals surface area contributed by atoms with Crippen LogP contribution in [-0.4, -0.2) is 33.3 Å². The molecule has 2 rings (SSSR count). The van der Waals surface area contributed by atoms with E-state index in [1.807, 2.05) is 12.3 Å². The summed E-state index contributed by atoms with van der Waals surface area (Å²) in [5.74, 6) is -1.02.